The van der Waals surface area contributed by atoms with E-state index in [-0.39, 0.29) is 36.2 Å². The van der Waals surface area contributed by atoms with Crippen molar-refractivity contribution in [2.24, 2.45) is 0 Å². The number of fused-ring (bicyclic) bond motifs is 1. The Balaban J connectivity index is 1.40. The van der Waals surface area contributed by atoms with Crippen molar-refractivity contribution in [3.8, 4) is 11.5 Å². The molecule has 1 saturated heterocycles. The van der Waals surface area contributed by atoms with Crippen LogP contribution in [-0.2, 0) is 21.4 Å². The van der Waals surface area contributed by atoms with Crippen LogP contribution in [-0.4, -0.2) is 72.2 Å². The second-order valence-electron chi connectivity index (χ2n) is 9.76. The topological polar surface area (TPSA) is 127 Å². The molecule has 1 amide bonds. The van der Waals surface area contributed by atoms with E-state index >= 15 is 0 Å². The van der Waals surface area contributed by atoms with Crippen LogP contribution in [0.5, 0.6) is 11.5 Å². The number of thiazole rings is 1. The predicted molar refractivity (Wildman–Crippen MR) is 153 cm³/mol. The van der Waals surface area contributed by atoms with Crippen LogP contribution in [0, 0.1) is 6.92 Å². The van der Waals surface area contributed by atoms with E-state index in [9.17, 15) is 39.6 Å². The zero-order valence-electron chi connectivity index (χ0n) is 23.3. The van der Waals surface area contributed by atoms with Gasteiger partial charge in [-0.15, -0.1) is 31.4 Å². The van der Waals surface area contributed by atoms with E-state index in [0.29, 0.717) is 26.6 Å². The lowest BCUT2D eigenvalue weighted by Gasteiger charge is -2.39. The summed E-state index contributed by atoms with van der Waals surface area (Å²) in [5, 5.41) is 10.9. The van der Waals surface area contributed by atoms with Gasteiger partial charge in [-0.2, -0.15) is 9.40 Å². The first-order valence-corrected chi connectivity index (χ1v) is 15.7. The number of carbonyl (C=O) groups is 1. The number of amides is 1. The Morgan fingerprint density at radius 3 is 2.13 bits per heavy atom. The van der Waals surface area contributed by atoms with Gasteiger partial charge in [0.05, 0.1) is 15.3 Å². The number of aryl methyl sites for hydroxylation is 1. The number of rotatable bonds is 8. The summed E-state index contributed by atoms with van der Waals surface area (Å²) in [5.74, 6) is -1.85. The van der Waals surface area contributed by atoms with E-state index in [2.05, 4.69) is 30.0 Å². The smallest absolute Gasteiger partial charge is 0.406 e. The normalized spacial score (nSPS) is 16.4. The van der Waals surface area contributed by atoms with E-state index < -0.39 is 46.2 Å². The lowest BCUT2D eigenvalue weighted by Crippen LogP contribution is -2.60. The van der Waals surface area contributed by atoms with Gasteiger partial charge in [0.25, 0.3) is 0 Å². The molecule has 3 heterocycles. The third kappa shape index (κ3) is 7.71. The Bertz CT molecular complexity index is 1800. The van der Waals surface area contributed by atoms with Crippen LogP contribution in [0.25, 0.3) is 10.2 Å². The molecule has 4 aromatic rings. The minimum atomic E-state index is -4.99. The number of hydrogen-bond donors (Lipinski definition) is 1. The number of anilines is 1. The first-order valence-electron chi connectivity index (χ1n) is 13.0. The van der Waals surface area contributed by atoms with Gasteiger partial charge in [-0.3, -0.25) is 4.79 Å². The van der Waals surface area contributed by atoms with Crippen molar-refractivity contribution < 1.29 is 49.0 Å². The molecular formula is C26H21ClF6N6O5S2. The second-order valence-corrected chi connectivity index (χ2v) is 13.0. The Hall–Kier alpha value is -3.94. The monoisotopic (exact) mass is 710 g/mol. The highest BCUT2D eigenvalue weighted by atomic mass is 35.5. The molecule has 1 atom stereocenters. The van der Waals surface area contributed by atoms with Crippen LogP contribution >= 0.6 is 22.9 Å². The number of nitrogens with one attached hydrogen (secondary N) is 1. The summed E-state index contributed by atoms with van der Waals surface area (Å²) >= 11 is 7.36. The molecule has 1 aliphatic heterocycles. The van der Waals surface area contributed by atoms with Gasteiger partial charge in [-0.05, 0) is 48.9 Å². The van der Waals surface area contributed by atoms with Crippen LogP contribution in [0.15, 0.2) is 53.4 Å². The van der Waals surface area contributed by atoms with Crippen LogP contribution in [0.3, 0.4) is 0 Å². The number of sulfonamides is 1. The highest BCUT2D eigenvalue weighted by Crippen LogP contribution is 2.35. The van der Waals surface area contributed by atoms with Gasteiger partial charge in [0.15, 0.2) is 10.3 Å². The highest BCUT2D eigenvalue weighted by Gasteiger charge is 2.41. The van der Waals surface area contributed by atoms with Crippen molar-refractivity contribution in [3.63, 3.8) is 0 Å². The number of benzene rings is 2. The number of halogens is 7. The molecule has 246 valence electrons. The molecule has 0 bridgehead atoms. The van der Waals surface area contributed by atoms with E-state index in [0.717, 1.165) is 40.7 Å². The Kier molecular flexibility index (Phi) is 9.22. The predicted octanol–water partition coefficient (Wildman–Crippen LogP) is 5.04. The highest BCUT2D eigenvalue weighted by molar-refractivity contribution is 7.89. The van der Waals surface area contributed by atoms with E-state index in [1.54, 1.807) is 11.8 Å². The maximum Gasteiger partial charge on any atom is 0.573 e. The van der Waals surface area contributed by atoms with E-state index in [1.165, 1.54) is 23.5 Å². The zero-order valence-corrected chi connectivity index (χ0v) is 25.7. The number of carbonyl (C=O) groups excluding carboxylic acids is 1. The first kappa shape index (κ1) is 33.4. The summed E-state index contributed by atoms with van der Waals surface area (Å²) in [6, 6.07) is 6.89. The number of ether oxygens (including phenoxy) is 2. The van der Waals surface area contributed by atoms with Gasteiger partial charge >= 0.3 is 12.7 Å². The molecular weight excluding hydrogens is 690 g/mol. The number of aromatic nitrogens is 3. The molecule has 0 aliphatic carbocycles. The molecule has 46 heavy (non-hydrogen) atoms. The Labute approximate surface area is 265 Å². The molecule has 1 fully saturated rings. The molecule has 2 aromatic carbocycles. The summed E-state index contributed by atoms with van der Waals surface area (Å²) in [4.78, 5) is 19.4. The lowest BCUT2D eigenvalue weighted by atomic mass is 10.1. The fourth-order valence-corrected chi connectivity index (χ4v) is 7.39. The fourth-order valence-electron chi connectivity index (χ4n) is 4.55. The molecule has 0 unspecified atom stereocenters. The maximum absolute atomic E-state index is 13.7. The Morgan fingerprint density at radius 1 is 0.978 bits per heavy atom. The zero-order chi connectivity index (χ0) is 33.4. The van der Waals surface area contributed by atoms with Crippen LogP contribution in [0.2, 0.25) is 5.15 Å². The second kappa shape index (κ2) is 12.7. The minimum absolute atomic E-state index is 0.0797. The third-order valence-electron chi connectivity index (χ3n) is 6.63. The molecule has 0 spiro atoms. The van der Waals surface area contributed by atoms with Crippen molar-refractivity contribution in [1.82, 2.24) is 24.8 Å². The SMILES string of the molecule is Cc1nnc(Cl)c2sc(N3CCN(S(=O)(=O)c4ccc(OC(F)(F)F)cc4)[C@@H](C(=O)NCc4ccc(OC(F)(F)F)cc4)C3)nc12. The summed E-state index contributed by atoms with van der Waals surface area (Å²) in [6.45, 7) is 1.19. The Morgan fingerprint density at radius 2 is 1.57 bits per heavy atom. The average Bonchev–Trinajstić information content (AvgIpc) is 3.44. The van der Waals surface area contributed by atoms with Gasteiger partial charge in [0, 0.05) is 26.2 Å². The molecule has 0 saturated carbocycles. The van der Waals surface area contributed by atoms with Crippen molar-refractivity contribution in [2.45, 2.75) is 37.1 Å². The maximum atomic E-state index is 13.7. The van der Waals surface area contributed by atoms with Crippen molar-refractivity contribution in [2.75, 3.05) is 24.5 Å². The summed E-state index contributed by atoms with van der Waals surface area (Å²) in [5.41, 5.74) is 1.37. The molecule has 5 rings (SSSR count). The molecule has 2 aromatic heterocycles. The number of piperazine rings is 1. The number of hydrogen-bond acceptors (Lipinski definition) is 10. The molecule has 11 nitrogen and oxygen atoms in total. The molecule has 1 aliphatic rings. The standard InChI is InChI=1S/C26H21ClF6N6O5S2/c1-14-20-21(22(27)37-36-14)45-24(35-20)38-10-11-39(46(41,42)18-8-6-17(7-9-18)44-26(31,32)33)19(13-38)23(40)34-12-15-2-4-16(5-3-15)43-25(28,29)30/h2-9,19H,10-13H2,1H3,(H,34,40)/t19-/m1/s1. The fraction of sp³-hybridized carbons (Fsp3) is 0.308. The molecule has 20 heteroatoms. The van der Waals surface area contributed by atoms with Crippen LogP contribution in [0.4, 0.5) is 31.5 Å². The third-order valence-corrected chi connectivity index (χ3v) is 10.0. The lowest BCUT2D eigenvalue weighted by molar-refractivity contribution is -0.275. The van der Waals surface area contributed by atoms with Crippen molar-refractivity contribution >= 4 is 54.2 Å². The quantitative estimate of drug-likeness (QED) is 0.250. The van der Waals surface area contributed by atoms with Crippen molar-refractivity contribution in [3.05, 3.63) is 64.9 Å². The number of nitrogens with zero attached hydrogens (tertiary/aromatic N) is 5. The van der Waals surface area contributed by atoms with Crippen LogP contribution in [0.1, 0.15) is 11.3 Å². The molecule has 1 N–H and O–H groups in total. The summed E-state index contributed by atoms with van der Waals surface area (Å²) in [6.07, 6.45) is -9.87. The van der Waals surface area contributed by atoms with Crippen molar-refractivity contribution in [1.29, 1.82) is 0 Å². The summed E-state index contributed by atoms with van der Waals surface area (Å²) in [7, 11) is -4.44. The van der Waals surface area contributed by atoms with Crippen LogP contribution < -0.4 is 19.7 Å². The van der Waals surface area contributed by atoms with Gasteiger partial charge in [0.1, 0.15) is 23.1 Å². The number of alkyl halides is 6. The van der Waals surface area contributed by atoms with Gasteiger partial charge in [0.2, 0.25) is 15.9 Å². The van der Waals surface area contributed by atoms with Gasteiger partial charge < -0.3 is 19.7 Å². The average molecular weight is 711 g/mol. The van der Waals surface area contributed by atoms with E-state index in [4.69, 9.17) is 11.6 Å². The minimum Gasteiger partial charge on any atom is -0.406 e. The molecule has 0 radical (unpaired) electrons. The van der Waals surface area contributed by atoms with Gasteiger partial charge in [-0.1, -0.05) is 35.1 Å². The first-order chi connectivity index (χ1) is 21.5. The largest absolute Gasteiger partial charge is 0.573 e. The van der Waals surface area contributed by atoms with Gasteiger partial charge in [-0.25, -0.2) is 13.4 Å². The summed E-state index contributed by atoms with van der Waals surface area (Å²) < 4.78 is 112. The van der Waals surface area contributed by atoms with E-state index in [1.807, 2.05) is 0 Å².